The molecular weight excluding hydrogens is 142 g/mol. The first-order valence-corrected chi connectivity index (χ1v) is 4.05. The Bertz CT molecular complexity index is 161. The summed E-state index contributed by atoms with van der Waals surface area (Å²) in [6.45, 7) is 4.12. The molecule has 1 aliphatic rings. The van der Waals surface area contributed by atoms with Gasteiger partial charge in [-0.25, -0.2) is 4.79 Å². The Labute approximate surface area is 66.9 Å². The van der Waals surface area contributed by atoms with Gasteiger partial charge in [-0.15, -0.1) is 0 Å². The molecule has 2 N–H and O–H groups in total. The topological polar surface area (TPSA) is 52.3 Å². The van der Waals surface area contributed by atoms with E-state index in [1.54, 1.807) is 0 Å². The zero-order valence-electron chi connectivity index (χ0n) is 7.09. The van der Waals surface area contributed by atoms with Gasteiger partial charge in [-0.05, 0) is 25.2 Å². The van der Waals surface area contributed by atoms with E-state index in [2.05, 4.69) is 13.8 Å². The Morgan fingerprint density at radius 3 is 2.18 bits per heavy atom. The van der Waals surface area contributed by atoms with E-state index in [1.807, 2.05) is 0 Å². The van der Waals surface area contributed by atoms with E-state index < -0.39 is 6.09 Å². The van der Waals surface area contributed by atoms with Crippen LogP contribution >= 0.6 is 0 Å². The summed E-state index contributed by atoms with van der Waals surface area (Å²) in [7, 11) is 0. The van der Waals surface area contributed by atoms with E-state index in [-0.39, 0.29) is 5.60 Å². The quantitative estimate of drug-likeness (QED) is 0.662. The van der Waals surface area contributed by atoms with Gasteiger partial charge in [-0.2, -0.15) is 0 Å². The number of rotatable bonds is 2. The fourth-order valence-electron chi connectivity index (χ4n) is 1.52. The third-order valence-electron chi connectivity index (χ3n) is 2.56. The molecule has 0 radical (unpaired) electrons. The minimum Gasteiger partial charge on any atom is -0.443 e. The number of ether oxygens (including phenoxy) is 1. The standard InChI is InChI=1S/C8H15NO2/c1-6(2)8(4-3-5-8)11-7(9)10/h6H,3-5H2,1-2H3,(H2,9,10). The van der Waals surface area contributed by atoms with Crippen LogP contribution in [-0.2, 0) is 4.74 Å². The van der Waals surface area contributed by atoms with Crippen molar-refractivity contribution in [3.05, 3.63) is 0 Å². The van der Waals surface area contributed by atoms with E-state index in [9.17, 15) is 4.79 Å². The highest BCUT2D eigenvalue weighted by molar-refractivity contribution is 5.65. The molecule has 3 nitrogen and oxygen atoms in total. The molecule has 1 rings (SSSR count). The van der Waals surface area contributed by atoms with E-state index in [0.29, 0.717) is 5.92 Å². The van der Waals surface area contributed by atoms with Gasteiger partial charge < -0.3 is 10.5 Å². The number of carbonyl (C=O) groups is 1. The first kappa shape index (κ1) is 8.37. The van der Waals surface area contributed by atoms with Crippen LogP contribution in [0.15, 0.2) is 0 Å². The highest BCUT2D eigenvalue weighted by Gasteiger charge is 2.43. The zero-order chi connectivity index (χ0) is 8.48. The molecule has 0 atom stereocenters. The maximum Gasteiger partial charge on any atom is 0.405 e. The molecule has 0 aromatic carbocycles. The van der Waals surface area contributed by atoms with Crippen LogP contribution < -0.4 is 5.73 Å². The van der Waals surface area contributed by atoms with Crippen LogP contribution in [-0.4, -0.2) is 11.7 Å². The summed E-state index contributed by atoms with van der Waals surface area (Å²) >= 11 is 0. The number of hydrogen-bond donors (Lipinski definition) is 1. The fourth-order valence-corrected chi connectivity index (χ4v) is 1.52. The van der Waals surface area contributed by atoms with E-state index >= 15 is 0 Å². The van der Waals surface area contributed by atoms with Gasteiger partial charge in [0, 0.05) is 0 Å². The van der Waals surface area contributed by atoms with Crippen molar-refractivity contribution >= 4 is 6.09 Å². The van der Waals surface area contributed by atoms with Crippen LogP contribution in [0.5, 0.6) is 0 Å². The van der Waals surface area contributed by atoms with Gasteiger partial charge in [0.2, 0.25) is 0 Å². The summed E-state index contributed by atoms with van der Waals surface area (Å²) in [4.78, 5) is 10.5. The maximum atomic E-state index is 10.5. The second-order valence-corrected chi connectivity index (χ2v) is 3.49. The summed E-state index contributed by atoms with van der Waals surface area (Å²) < 4.78 is 5.07. The van der Waals surface area contributed by atoms with Gasteiger partial charge in [-0.1, -0.05) is 13.8 Å². The largest absolute Gasteiger partial charge is 0.443 e. The van der Waals surface area contributed by atoms with Gasteiger partial charge in [0.15, 0.2) is 0 Å². The first-order chi connectivity index (χ1) is 5.07. The Morgan fingerprint density at radius 1 is 1.55 bits per heavy atom. The highest BCUT2D eigenvalue weighted by Crippen LogP contribution is 2.41. The normalized spacial score (nSPS) is 21.0. The van der Waals surface area contributed by atoms with Crippen LogP contribution in [0.2, 0.25) is 0 Å². The summed E-state index contributed by atoms with van der Waals surface area (Å²) in [6.07, 6.45) is 2.44. The average molecular weight is 157 g/mol. The third kappa shape index (κ3) is 1.47. The van der Waals surface area contributed by atoms with E-state index in [1.165, 1.54) is 0 Å². The fraction of sp³-hybridized carbons (Fsp3) is 0.875. The van der Waals surface area contributed by atoms with Crippen molar-refractivity contribution < 1.29 is 9.53 Å². The van der Waals surface area contributed by atoms with Gasteiger partial charge in [0.25, 0.3) is 0 Å². The van der Waals surface area contributed by atoms with Crippen molar-refractivity contribution in [3.8, 4) is 0 Å². The molecule has 0 saturated heterocycles. The lowest BCUT2D eigenvalue weighted by Gasteiger charge is -2.43. The molecule has 1 saturated carbocycles. The molecule has 1 amide bonds. The number of nitrogens with two attached hydrogens (primary N) is 1. The van der Waals surface area contributed by atoms with Crippen molar-refractivity contribution in [2.75, 3.05) is 0 Å². The van der Waals surface area contributed by atoms with Gasteiger partial charge >= 0.3 is 6.09 Å². The lowest BCUT2D eigenvalue weighted by atomic mass is 9.72. The number of carbonyl (C=O) groups excluding carboxylic acids is 1. The summed E-state index contributed by atoms with van der Waals surface area (Å²) in [6, 6.07) is 0. The lowest BCUT2D eigenvalue weighted by molar-refractivity contribution is -0.0779. The number of amides is 1. The predicted molar refractivity (Wildman–Crippen MR) is 42.1 cm³/mol. The smallest absolute Gasteiger partial charge is 0.405 e. The van der Waals surface area contributed by atoms with Gasteiger partial charge in [-0.3, -0.25) is 0 Å². The molecule has 1 aliphatic carbocycles. The second kappa shape index (κ2) is 2.72. The SMILES string of the molecule is CC(C)C1(OC(N)=O)CCC1. The number of hydrogen-bond acceptors (Lipinski definition) is 2. The van der Waals surface area contributed by atoms with Gasteiger partial charge in [0.1, 0.15) is 5.60 Å². The molecular formula is C8H15NO2. The monoisotopic (exact) mass is 157 g/mol. The Kier molecular flexibility index (Phi) is 2.07. The molecule has 0 aliphatic heterocycles. The van der Waals surface area contributed by atoms with Crippen LogP contribution in [0.3, 0.4) is 0 Å². The van der Waals surface area contributed by atoms with Crippen LogP contribution in [0.1, 0.15) is 33.1 Å². The number of primary amides is 1. The molecule has 0 aromatic heterocycles. The first-order valence-electron chi connectivity index (χ1n) is 4.05. The third-order valence-corrected chi connectivity index (χ3v) is 2.56. The van der Waals surface area contributed by atoms with Gasteiger partial charge in [0.05, 0.1) is 0 Å². The molecule has 1 fully saturated rings. The minimum absolute atomic E-state index is 0.230. The second-order valence-electron chi connectivity index (χ2n) is 3.49. The van der Waals surface area contributed by atoms with Crippen LogP contribution in [0.25, 0.3) is 0 Å². The molecule has 0 unspecified atom stereocenters. The summed E-state index contributed by atoms with van der Waals surface area (Å²) in [5, 5.41) is 0. The Morgan fingerprint density at radius 2 is 2.09 bits per heavy atom. The molecule has 0 bridgehead atoms. The average Bonchev–Trinajstić information content (AvgIpc) is 1.77. The molecule has 0 spiro atoms. The zero-order valence-corrected chi connectivity index (χ0v) is 7.09. The Hall–Kier alpha value is -0.730. The minimum atomic E-state index is -0.640. The molecule has 11 heavy (non-hydrogen) atoms. The van der Waals surface area contributed by atoms with Crippen molar-refractivity contribution in [3.63, 3.8) is 0 Å². The van der Waals surface area contributed by atoms with Crippen molar-refractivity contribution in [1.29, 1.82) is 0 Å². The van der Waals surface area contributed by atoms with Crippen LogP contribution in [0.4, 0.5) is 4.79 Å². The van der Waals surface area contributed by atoms with Crippen molar-refractivity contribution in [2.45, 2.75) is 38.7 Å². The molecule has 64 valence electrons. The van der Waals surface area contributed by atoms with Crippen molar-refractivity contribution in [2.24, 2.45) is 11.7 Å². The maximum absolute atomic E-state index is 10.5. The predicted octanol–water partition coefficient (Wildman–Crippen LogP) is 1.66. The van der Waals surface area contributed by atoms with Crippen molar-refractivity contribution in [1.82, 2.24) is 0 Å². The Balaban J connectivity index is 2.53. The highest BCUT2D eigenvalue weighted by atomic mass is 16.6. The molecule has 3 heteroatoms. The summed E-state index contributed by atoms with van der Waals surface area (Å²) in [5.41, 5.74) is 4.73. The summed E-state index contributed by atoms with van der Waals surface area (Å²) in [5.74, 6) is 0.378. The molecule has 0 aromatic rings. The van der Waals surface area contributed by atoms with Crippen LogP contribution in [0, 0.1) is 5.92 Å². The van der Waals surface area contributed by atoms with E-state index in [4.69, 9.17) is 10.5 Å². The lowest BCUT2D eigenvalue weighted by Crippen LogP contribution is -2.47. The van der Waals surface area contributed by atoms with E-state index in [0.717, 1.165) is 19.3 Å². The molecule has 0 heterocycles.